The number of aliphatic hydroxyl groups is 1. The molecule has 2 N–H and O–H groups in total. The number of nitrogens with zero attached hydrogens (tertiary/aromatic N) is 1. The molecule has 1 atom stereocenters. The predicted molar refractivity (Wildman–Crippen MR) is 116 cm³/mol. The van der Waals surface area contributed by atoms with Gasteiger partial charge in [0.25, 0.3) is 0 Å². The van der Waals surface area contributed by atoms with Crippen LogP contribution in [0.15, 0.2) is 66.7 Å². The molecule has 0 saturated carbocycles. The van der Waals surface area contributed by atoms with Crippen molar-refractivity contribution in [3.63, 3.8) is 0 Å². The van der Waals surface area contributed by atoms with E-state index in [1.54, 1.807) is 26.0 Å². The van der Waals surface area contributed by atoms with Crippen LogP contribution >= 0.6 is 0 Å². The molecule has 0 aliphatic heterocycles. The van der Waals surface area contributed by atoms with E-state index in [1.807, 2.05) is 37.3 Å². The van der Waals surface area contributed by atoms with E-state index in [-0.39, 0.29) is 18.8 Å². The number of carboxylic acid groups (broad SMARTS) is 1. The van der Waals surface area contributed by atoms with Crippen LogP contribution in [0.25, 0.3) is 0 Å². The van der Waals surface area contributed by atoms with Crippen LogP contribution in [0.3, 0.4) is 0 Å². The molecular formula is C25H28FNO3. The van der Waals surface area contributed by atoms with Gasteiger partial charge in [0.1, 0.15) is 11.4 Å². The summed E-state index contributed by atoms with van der Waals surface area (Å²) in [4.78, 5) is 13.2. The number of rotatable bonds is 7. The Labute approximate surface area is 177 Å². The van der Waals surface area contributed by atoms with Gasteiger partial charge in [0, 0.05) is 18.5 Å². The third-order valence-electron chi connectivity index (χ3n) is 4.92. The topological polar surface area (TPSA) is 60.8 Å². The van der Waals surface area contributed by atoms with E-state index in [9.17, 15) is 19.4 Å². The highest BCUT2D eigenvalue weighted by Crippen LogP contribution is 2.32. The third-order valence-corrected chi connectivity index (χ3v) is 4.92. The maximum atomic E-state index is 13.1. The van der Waals surface area contributed by atoms with Gasteiger partial charge in [0.2, 0.25) is 0 Å². The standard InChI is InChI=1S/C25H28FNO3/c1-19(2)18-25(30,21-8-6-5-7-9-21)16-17-27(23(28)29)24(3,4)15-14-20-10-12-22(26)13-11-20/h5-13,30H,1,16-18H2,2-4H3,(H,28,29). The molecular weight excluding hydrogens is 381 g/mol. The molecule has 158 valence electrons. The maximum Gasteiger partial charge on any atom is 0.408 e. The van der Waals surface area contributed by atoms with Gasteiger partial charge in [0.15, 0.2) is 0 Å². The van der Waals surface area contributed by atoms with E-state index < -0.39 is 17.2 Å². The van der Waals surface area contributed by atoms with Crippen LogP contribution in [-0.4, -0.2) is 33.3 Å². The third kappa shape index (κ3) is 6.20. The Balaban J connectivity index is 2.25. The summed E-state index contributed by atoms with van der Waals surface area (Å²) in [6.07, 6.45) is -0.608. The van der Waals surface area contributed by atoms with E-state index in [4.69, 9.17) is 0 Å². The number of halogens is 1. The lowest BCUT2D eigenvalue weighted by Gasteiger charge is -2.36. The minimum Gasteiger partial charge on any atom is -0.465 e. The van der Waals surface area contributed by atoms with Gasteiger partial charge in [0.05, 0.1) is 5.60 Å². The van der Waals surface area contributed by atoms with Crippen LogP contribution in [0.2, 0.25) is 0 Å². The smallest absolute Gasteiger partial charge is 0.408 e. The fourth-order valence-corrected chi connectivity index (χ4v) is 3.32. The Morgan fingerprint density at radius 2 is 1.73 bits per heavy atom. The fourth-order valence-electron chi connectivity index (χ4n) is 3.32. The van der Waals surface area contributed by atoms with Crippen LogP contribution in [0.4, 0.5) is 9.18 Å². The van der Waals surface area contributed by atoms with Crippen LogP contribution < -0.4 is 0 Å². The van der Waals surface area contributed by atoms with Gasteiger partial charge in [-0.15, -0.1) is 6.58 Å². The van der Waals surface area contributed by atoms with Crippen LogP contribution in [0, 0.1) is 17.7 Å². The Morgan fingerprint density at radius 3 is 2.27 bits per heavy atom. The zero-order valence-corrected chi connectivity index (χ0v) is 17.7. The molecule has 4 nitrogen and oxygen atoms in total. The monoisotopic (exact) mass is 409 g/mol. The molecule has 0 aliphatic carbocycles. The lowest BCUT2D eigenvalue weighted by Crippen LogP contribution is -2.48. The van der Waals surface area contributed by atoms with Crippen molar-refractivity contribution in [2.45, 2.75) is 44.8 Å². The number of carbonyl (C=O) groups is 1. The summed E-state index contributed by atoms with van der Waals surface area (Å²) in [5, 5.41) is 21.1. The average Bonchev–Trinajstić information content (AvgIpc) is 2.67. The Kier molecular flexibility index (Phi) is 7.42. The van der Waals surface area contributed by atoms with Crippen LogP contribution in [0.1, 0.15) is 44.7 Å². The number of hydrogen-bond acceptors (Lipinski definition) is 2. The summed E-state index contributed by atoms with van der Waals surface area (Å²) in [6.45, 7) is 9.24. The van der Waals surface area contributed by atoms with Crippen molar-refractivity contribution >= 4 is 6.09 Å². The second kappa shape index (κ2) is 9.60. The fraction of sp³-hybridized carbons (Fsp3) is 0.320. The molecule has 1 amide bonds. The number of amides is 1. The minimum absolute atomic E-state index is 0.0824. The molecule has 0 spiro atoms. The van der Waals surface area contributed by atoms with Gasteiger partial charge in [-0.05, 0) is 57.0 Å². The second-order valence-electron chi connectivity index (χ2n) is 8.03. The van der Waals surface area contributed by atoms with E-state index in [1.165, 1.54) is 17.0 Å². The average molecular weight is 410 g/mol. The summed E-state index contributed by atoms with van der Waals surface area (Å²) >= 11 is 0. The molecule has 0 aliphatic rings. The molecule has 0 radical (unpaired) electrons. The molecule has 0 aromatic heterocycles. The molecule has 0 bridgehead atoms. The minimum atomic E-state index is -1.23. The first-order chi connectivity index (χ1) is 14.0. The summed E-state index contributed by atoms with van der Waals surface area (Å²) in [5.41, 5.74) is -0.132. The SMILES string of the molecule is C=C(C)CC(O)(CCN(C(=O)O)C(C)(C)C#Cc1ccc(F)cc1)c1ccccc1. The molecule has 0 heterocycles. The highest BCUT2D eigenvalue weighted by Gasteiger charge is 2.34. The summed E-state index contributed by atoms with van der Waals surface area (Å²) in [6, 6.07) is 14.9. The van der Waals surface area contributed by atoms with Gasteiger partial charge in [-0.2, -0.15) is 0 Å². The van der Waals surface area contributed by atoms with Gasteiger partial charge in [-0.3, -0.25) is 4.90 Å². The largest absolute Gasteiger partial charge is 0.465 e. The van der Waals surface area contributed by atoms with Crippen LogP contribution in [-0.2, 0) is 5.60 Å². The highest BCUT2D eigenvalue weighted by atomic mass is 19.1. The molecule has 2 aromatic rings. The summed E-state index contributed by atoms with van der Waals surface area (Å²) in [5.74, 6) is 5.52. The van der Waals surface area contributed by atoms with Crippen molar-refractivity contribution in [3.8, 4) is 11.8 Å². The van der Waals surface area contributed by atoms with E-state index >= 15 is 0 Å². The van der Waals surface area contributed by atoms with Gasteiger partial charge < -0.3 is 10.2 Å². The lowest BCUT2D eigenvalue weighted by molar-refractivity contribution is 0.0123. The molecule has 5 heteroatoms. The lowest BCUT2D eigenvalue weighted by atomic mass is 9.84. The van der Waals surface area contributed by atoms with Crippen molar-refractivity contribution in [2.24, 2.45) is 0 Å². The zero-order chi connectivity index (χ0) is 22.4. The summed E-state index contributed by atoms with van der Waals surface area (Å²) < 4.78 is 13.1. The summed E-state index contributed by atoms with van der Waals surface area (Å²) in [7, 11) is 0. The van der Waals surface area contributed by atoms with E-state index in [0.29, 0.717) is 17.5 Å². The first-order valence-corrected chi connectivity index (χ1v) is 9.75. The van der Waals surface area contributed by atoms with Crippen molar-refractivity contribution in [2.75, 3.05) is 6.54 Å². The molecule has 0 fully saturated rings. The number of hydrogen-bond donors (Lipinski definition) is 2. The van der Waals surface area contributed by atoms with Crippen molar-refractivity contribution in [3.05, 3.63) is 83.7 Å². The van der Waals surface area contributed by atoms with Crippen molar-refractivity contribution in [1.82, 2.24) is 4.90 Å². The predicted octanol–water partition coefficient (Wildman–Crippen LogP) is 5.18. The highest BCUT2D eigenvalue weighted by molar-refractivity contribution is 5.67. The molecule has 1 unspecified atom stereocenters. The zero-order valence-electron chi connectivity index (χ0n) is 17.7. The van der Waals surface area contributed by atoms with Gasteiger partial charge in [-0.1, -0.05) is 47.7 Å². The van der Waals surface area contributed by atoms with Crippen LogP contribution in [0.5, 0.6) is 0 Å². The quantitative estimate of drug-likeness (QED) is 0.489. The van der Waals surface area contributed by atoms with E-state index in [2.05, 4.69) is 18.4 Å². The molecule has 2 rings (SSSR count). The molecule has 2 aromatic carbocycles. The second-order valence-corrected chi connectivity index (χ2v) is 8.03. The normalized spacial score (nSPS) is 13.0. The molecule has 0 saturated heterocycles. The Morgan fingerprint density at radius 1 is 1.13 bits per heavy atom. The maximum absolute atomic E-state index is 13.1. The van der Waals surface area contributed by atoms with Gasteiger partial charge >= 0.3 is 6.09 Å². The molecule has 30 heavy (non-hydrogen) atoms. The van der Waals surface area contributed by atoms with E-state index in [0.717, 1.165) is 5.57 Å². The number of benzene rings is 2. The van der Waals surface area contributed by atoms with Crippen molar-refractivity contribution < 1.29 is 19.4 Å². The Hall–Kier alpha value is -3.10. The van der Waals surface area contributed by atoms with Gasteiger partial charge in [-0.25, -0.2) is 9.18 Å². The Bertz CT molecular complexity index is 942. The van der Waals surface area contributed by atoms with Crippen molar-refractivity contribution in [1.29, 1.82) is 0 Å². The first kappa shape index (κ1) is 23.2. The first-order valence-electron chi connectivity index (χ1n) is 9.75.